The van der Waals surface area contributed by atoms with Crippen LogP contribution in [0.4, 0.5) is 15.8 Å². The summed E-state index contributed by atoms with van der Waals surface area (Å²) in [6.45, 7) is 5.06. The SMILES string of the molecule is Cl.O=[N+]([O-])c1cc2c(cc1OCCCN1CCN(c3ccc(F)cc3)CC1)CCC2. The molecule has 6 nitrogen and oxygen atoms in total. The van der Waals surface area contributed by atoms with Gasteiger partial charge < -0.3 is 9.64 Å². The molecule has 2 aromatic rings. The molecule has 4 rings (SSSR count). The van der Waals surface area contributed by atoms with E-state index < -0.39 is 0 Å². The number of ether oxygens (including phenoxy) is 1. The predicted octanol–water partition coefficient (Wildman–Crippen LogP) is 4.24. The normalized spacial score (nSPS) is 16.1. The quantitative estimate of drug-likeness (QED) is 0.370. The third kappa shape index (κ3) is 5.21. The van der Waals surface area contributed by atoms with Crippen molar-refractivity contribution < 1.29 is 14.1 Å². The standard InChI is InChI=1S/C22H26FN3O3.ClH/c23-19-5-7-20(8-6-19)25-12-10-24(11-13-25)9-2-14-29-22-16-18-4-1-3-17(18)15-21(22)26(27)28;/h5-8,15-16H,1-4,9-14H2;1H. The van der Waals surface area contributed by atoms with Crippen molar-refractivity contribution in [1.82, 2.24) is 4.90 Å². The second kappa shape index (κ2) is 10.1. The molecule has 0 bridgehead atoms. The van der Waals surface area contributed by atoms with Crippen LogP contribution in [0.25, 0.3) is 0 Å². The number of anilines is 1. The number of halogens is 2. The largest absolute Gasteiger partial charge is 0.487 e. The van der Waals surface area contributed by atoms with E-state index in [1.54, 1.807) is 6.07 Å². The molecule has 30 heavy (non-hydrogen) atoms. The number of nitro groups is 1. The fraction of sp³-hybridized carbons (Fsp3) is 0.455. The van der Waals surface area contributed by atoms with Crippen molar-refractivity contribution in [1.29, 1.82) is 0 Å². The average molecular weight is 436 g/mol. The summed E-state index contributed by atoms with van der Waals surface area (Å²) >= 11 is 0. The average Bonchev–Trinajstić information content (AvgIpc) is 3.19. The van der Waals surface area contributed by atoms with Gasteiger partial charge in [-0.05, 0) is 67.1 Å². The lowest BCUT2D eigenvalue weighted by Gasteiger charge is -2.36. The van der Waals surface area contributed by atoms with Crippen LogP contribution in [0.5, 0.6) is 5.75 Å². The van der Waals surface area contributed by atoms with Gasteiger partial charge in [0.05, 0.1) is 11.5 Å². The summed E-state index contributed by atoms with van der Waals surface area (Å²) < 4.78 is 18.9. The van der Waals surface area contributed by atoms with Gasteiger partial charge >= 0.3 is 5.69 Å². The zero-order valence-electron chi connectivity index (χ0n) is 16.9. The topological polar surface area (TPSA) is 58.9 Å². The maximum Gasteiger partial charge on any atom is 0.311 e. The molecule has 1 aliphatic carbocycles. The van der Waals surface area contributed by atoms with Crippen molar-refractivity contribution in [2.75, 3.05) is 44.2 Å². The summed E-state index contributed by atoms with van der Waals surface area (Å²) in [6, 6.07) is 10.2. The van der Waals surface area contributed by atoms with Crippen LogP contribution in [0.3, 0.4) is 0 Å². The molecule has 1 heterocycles. The molecule has 0 aromatic heterocycles. The molecule has 1 saturated heterocycles. The van der Waals surface area contributed by atoms with E-state index in [4.69, 9.17) is 4.74 Å². The molecule has 1 aliphatic heterocycles. The van der Waals surface area contributed by atoms with Gasteiger partial charge in [0.2, 0.25) is 0 Å². The monoisotopic (exact) mass is 435 g/mol. The van der Waals surface area contributed by atoms with Gasteiger partial charge in [-0.15, -0.1) is 12.4 Å². The smallest absolute Gasteiger partial charge is 0.311 e. The maximum atomic E-state index is 13.1. The molecule has 1 fully saturated rings. The van der Waals surface area contributed by atoms with E-state index in [-0.39, 0.29) is 28.8 Å². The van der Waals surface area contributed by atoms with Gasteiger partial charge in [0.25, 0.3) is 0 Å². The second-order valence-electron chi connectivity index (χ2n) is 7.71. The lowest BCUT2D eigenvalue weighted by Crippen LogP contribution is -2.46. The number of hydrogen-bond donors (Lipinski definition) is 0. The van der Waals surface area contributed by atoms with E-state index in [2.05, 4.69) is 9.80 Å². The molecule has 162 valence electrons. The Morgan fingerprint density at radius 3 is 2.37 bits per heavy atom. The highest BCUT2D eigenvalue weighted by molar-refractivity contribution is 5.85. The van der Waals surface area contributed by atoms with Crippen LogP contribution in [0, 0.1) is 15.9 Å². The zero-order chi connectivity index (χ0) is 20.2. The first-order valence-electron chi connectivity index (χ1n) is 10.3. The first-order chi connectivity index (χ1) is 14.1. The minimum absolute atomic E-state index is 0. The first-order valence-corrected chi connectivity index (χ1v) is 10.3. The molecule has 0 spiro atoms. The van der Waals surface area contributed by atoms with Crippen LogP contribution in [-0.4, -0.2) is 49.2 Å². The molecule has 0 amide bonds. The van der Waals surface area contributed by atoms with Crippen LogP contribution >= 0.6 is 12.4 Å². The van der Waals surface area contributed by atoms with E-state index in [0.29, 0.717) is 12.4 Å². The van der Waals surface area contributed by atoms with E-state index in [0.717, 1.165) is 69.7 Å². The van der Waals surface area contributed by atoms with E-state index >= 15 is 0 Å². The highest BCUT2D eigenvalue weighted by Gasteiger charge is 2.22. The summed E-state index contributed by atoms with van der Waals surface area (Å²) in [5, 5.41) is 11.4. The molecule has 0 saturated carbocycles. The Balaban J connectivity index is 0.00000256. The van der Waals surface area contributed by atoms with Gasteiger partial charge in [-0.2, -0.15) is 0 Å². The number of aryl methyl sites for hydroxylation is 2. The van der Waals surface area contributed by atoms with Gasteiger partial charge in [-0.25, -0.2) is 4.39 Å². The molecular formula is C22H27ClFN3O3. The van der Waals surface area contributed by atoms with Gasteiger partial charge in [0.1, 0.15) is 5.82 Å². The molecule has 0 unspecified atom stereocenters. The minimum Gasteiger partial charge on any atom is -0.487 e. The molecule has 0 atom stereocenters. The summed E-state index contributed by atoms with van der Waals surface area (Å²) in [7, 11) is 0. The number of piperazine rings is 1. The minimum atomic E-state index is -0.345. The number of nitrogens with zero attached hydrogens (tertiary/aromatic N) is 3. The summed E-state index contributed by atoms with van der Waals surface area (Å²) in [4.78, 5) is 15.7. The summed E-state index contributed by atoms with van der Waals surface area (Å²) in [5.41, 5.74) is 3.41. The van der Waals surface area contributed by atoms with Crippen LogP contribution in [-0.2, 0) is 12.8 Å². The molecule has 0 radical (unpaired) electrons. The van der Waals surface area contributed by atoms with E-state index in [1.807, 2.05) is 18.2 Å². The Labute approximate surface area is 182 Å². The molecule has 8 heteroatoms. The summed E-state index contributed by atoms with van der Waals surface area (Å²) in [5.74, 6) is 0.188. The zero-order valence-corrected chi connectivity index (χ0v) is 17.7. The van der Waals surface area contributed by atoms with Crippen molar-refractivity contribution in [3.63, 3.8) is 0 Å². The highest BCUT2D eigenvalue weighted by Crippen LogP contribution is 2.34. The second-order valence-corrected chi connectivity index (χ2v) is 7.71. The van der Waals surface area contributed by atoms with Crippen molar-refractivity contribution >= 4 is 23.8 Å². The van der Waals surface area contributed by atoms with Crippen LogP contribution in [0.15, 0.2) is 36.4 Å². The lowest BCUT2D eigenvalue weighted by molar-refractivity contribution is -0.385. The fourth-order valence-corrected chi connectivity index (χ4v) is 4.20. The summed E-state index contributed by atoms with van der Waals surface area (Å²) in [6.07, 6.45) is 3.77. The van der Waals surface area contributed by atoms with Gasteiger partial charge in [0.15, 0.2) is 5.75 Å². The van der Waals surface area contributed by atoms with Crippen LogP contribution < -0.4 is 9.64 Å². The molecule has 2 aliphatic rings. The van der Waals surface area contributed by atoms with E-state index in [9.17, 15) is 14.5 Å². The first kappa shape index (κ1) is 22.3. The van der Waals surface area contributed by atoms with Crippen molar-refractivity contribution in [3.05, 3.63) is 63.5 Å². The molecule has 2 aromatic carbocycles. The van der Waals surface area contributed by atoms with E-state index in [1.165, 1.54) is 17.7 Å². The third-order valence-electron chi connectivity index (χ3n) is 5.81. The van der Waals surface area contributed by atoms with Gasteiger partial charge in [0, 0.05) is 44.5 Å². The molecule has 0 N–H and O–H groups in total. The van der Waals surface area contributed by atoms with Crippen LogP contribution in [0.1, 0.15) is 24.0 Å². The Bertz CT molecular complexity index is 871. The van der Waals surface area contributed by atoms with Gasteiger partial charge in [-0.3, -0.25) is 15.0 Å². The van der Waals surface area contributed by atoms with Crippen LogP contribution in [0.2, 0.25) is 0 Å². The highest BCUT2D eigenvalue weighted by atomic mass is 35.5. The third-order valence-corrected chi connectivity index (χ3v) is 5.81. The number of rotatable bonds is 7. The maximum absolute atomic E-state index is 13.1. The fourth-order valence-electron chi connectivity index (χ4n) is 4.20. The molecular weight excluding hydrogens is 409 g/mol. The number of fused-ring (bicyclic) bond motifs is 1. The van der Waals surface area contributed by atoms with Crippen molar-refractivity contribution in [3.8, 4) is 5.75 Å². The lowest BCUT2D eigenvalue weighted by atomic mass is 10.1. The van der Waals surface area contributed by atoms with Crippen molar-refractivity contribution in [2.45, 2.75) is 25.7 Å². The Hall–Kier alpha value is -2.38. The Morgan fingerprint density at radius 1 is 1.03 bits per heavy atom. The van der Waals surface area contributed by atoms with Crippen molar-refractivity contribution in [2.24, 2.45) is 0 Å². The number of nitro benzene ring substituents is 1. The Morgan fingerprint density at radius 2 is 1.70 bits per heavy atom. The number of benzene rings is 2. The predicted molar refractivity (Wildman–Crippen MR) is 118 cm³/mol. The Kier molecular flexibility index (Phi) is 7.50. The van der Waals surface area contributed by atoms with Gasteiger partial charge in [-0.1, -0.05) is 0 Å². The number of hydrogen-bond acceptors (Lipinski definition) is 5.